The van der Waals surface area contributed by atoms with E-state index in [1.165, 1.54) is 0 Å². The lowest BCUT2D eigenvalue weighted by Gasteiger charge is -2.13. The topological polar surface area (TPSA) is 30.2 Å². The Morgan fingerprint density at radius 3 is 2.43 bits per heavy atom. The summed E-state index contributed by atoms with van der Waals surface area (Å²) in [7, 11) is 0. The standard InChI is InChI=1S/C19H16ClN3/c1-12-18-11-21-19(14-7-3-5-9-16(14)20)15-8-4-6-10-17(15)23(18)13(2)22-12/h3-10H,11H2,1-2H3. The van der Waals surface area contributed by atoms with Gasteiger partial charge in [0.05, 0.1) is 29.3 Å². The zero-order valence-corrected chi connectivity index (χ0v) is 13.8. The molecule has 0 unspecified atom stereocenters. The molecule has 114 valence electrons. The minimum atomic E-state index is 0.599. The Kier molecular flexibility index (Phi) is 3.31. The van der Waals surface area contributed by atoms with Crippen molar-refractivity contribution in [1.29, 1.82) is 0 Å². The fourth-order valence-corrected chi connectivity index (χ4v) is 3.44. The average molecular weight is 322 g/mol. The van der Waals surface area contributed by atoms with Crippen LogP contribution < -0.4 is 0 Å². The summed E-state index contributed by atoms with van der Waals surface area (Å²) in [6.45, 7) is 4.67. The van der Waals surface area contributed by atoms with Gasteiger partial charge in [-0.15, -0.1) is 0 Å². The van der Waals surface area contributed by atoms with Crippen molar-refractivity contribution >= 4 is 17.3 Å². The molecule has 3 aromatic rings. The van der Waals surface area contributed by atoms with Crippen LogP contribution in [0.5, 0.6) is 0 Å². The van der Waals surface area contributed by atoms with E-state index >= 15 is 0 Å². The van der Waals surface area contributed by atoms with Crippen LogP contribution in [-0.4, -0.2) is 15.3 Å². The first-order valence-corrected chi connectivity index (χ1v) is 7.98. The molecule has 0 N–H and O–H groups in total. The Balaban J connectivity index is 2.02. The van der Waals surface area contributed by atoms with Crippen LogP contribution in [0.3, 0.4) is 0 Å². The molecule has 0 spiro atoms. The van der Waals surface area contributed by atoms with Gasteiger partial charge < -0.3 is 0 Å². The number of imidazole rings is 1. The van der Waals surface area contributed by atoms with Crippen LogP contribution in [0.15, 0.2) is 53.5 Å². The molecule has 0 radical (unpaired) electrons. The first-order chi connectivity index (χ1) is 11.2. The number of aromatic nitrogens is 2. The van der Waals surface area contributed by atoms with Crippen molar-refractivity contribution in [3.63, 3.8) is 0 Å². The van der Waals surface area contributed by atoms with Gasteiger partial charge >= 0.3 is 0 Å². The summed E-state index contributed by atoms with van der Waals surface area (Å²) in [5.41, 5.74) is 6.26. The lowest BCUT2D eigenvalue weighted by atomic mass is 10.0. The van der Waals surface area contributed by atoms with E-state index in [0.717, 1.165) is 44.8 Å². The summed E-state index contributed by atoms with van der Waals surface area (Å²) in [5, 5.41) is 0.721. The Morgan fingerprint density at radius 2 is 1.65 bits per heavy atom. The van der Waals surface area contributed by atoms with Crippen molar-refractivity contribution in [2.75, 3.05) is 0 Å². The van der Waals surface area contributed by atoms with Crippen LogP contribution in [0.1, 0.15) is 28.3 Å². The Labute approximate surface area is 140 Å². The van der Waals surface area contributed by atoms with E-state index in [-0.39, 0.29) is 0 Å². The summed E-state index contributed by atoms with van der Waals surface area (Å²) in [5.74, 6) is 0.987. The molecule has 0 aliphatic carbocycles. The van der Waals surface area contributed by atoms with E-state index in [4.69, 9.17) is 16.6 Å². The quantitative estimate of drug-likeness (QED) is 0.649. The van der Waals surface area contributed by atoms with Crippen LogP contribution in [-0.2, 0) is 6.54 Å². The van der Waals surface area contributed by atoms with Gasteiger partial charge in [-0.25, -0.2) is 4.98 Å². The van der Waals surface area contributed by atoms with E-state index in [2.05, 4.69) is 21.7 Å². The van der Waals surface area contributed by atoms with Gasteiger partial charge in [0.25, 0.3) is 0 Å². The molecule has 0 saturated heterocycles. The van der Waals surface area contributed by atoms with Gasteiger partial charge in [-0.3, -0.25) is 9.56 Å². The number of hydrogen-bond acceptors (Lipinski definition) is 2. The third-order valence-corrected chi connectivity index (χ3v) is 4.59. The van der Waals surface area contributed by atoms with Crippen molar-refractivity contribution in [1.82, 2.24) is 9.55 Å². The third-order valence-electron chi connectivity index (χ3n) is 4.26. The Bertz CT molecular complexity index is 938. The van der Waals surface area contributed by atoms with Crippen LogP contribution >= 0.6 is 11.6 Å². The molecule has 1 aliphatic heterocycles. The van der Waals surface area contributed by atoms with Crippen molar-refractivity contribution in [3.05, 3.63) is 81.9 Å². The SMILES string of the molecule is Cc1nc(C)n2c1CN=C(c1ccccc1Cl)c1ccccc1-2. The Hall–Kier alpha value is -2.39. The van der Waals surface area contributed by atoms with Crippen molar-refractivity contribution in [2.24, 2.45) is 4.99 Å². The smallest absolute Gasteiger partial charge is 0.110 e. The highest BCUT2D eigenvalue weighted by atomic mass is 35.5. The van der Waals surface area contributed by atoms with Crippen LogP contribution in [0.2, 0.25) is 5.02 Å². The van der Waals surface area contributed by atoms with Crippen LogP contribution in [0.4, 0.5) is 0 Å². The summed E-state index contributed by atoms with van der Waals surface area (Å²) in [6.07, 6.45) is 0. The number of benzene rings is 2. The van der Waals surface area contributed by atoms with E-state index in [1.807, 2.05) is 50.2 Å². The maximum Gasteiger partial charge on any atom is 0.110 e. The van der Waals surface area contributed by atoms with E-state index in [1.54, 1.807) is 0 Å². The number of halogens is 1. The normalized spacial score (nSPS) is 13.1. The van der Waals surface area contributed by atoms with Gasteiger partial charge in [0.15, 0.2) is 0 Å². The molecule has 1 aromatic heterocycles. The molecule has 1 aliphatic rings. The highest BCUT2D eigenvalue weighted by molar-refractivity contribution is 6.35. The third kappa shape index (κ3) is 2.20. The zero-order valence-electron chi connectivity index (χ0n) is 13.0. The summed E-state index contributed by atoms with van der Waals surface area (Å²) < 4.78 is 2.21. The van der Waals surface area contributed by atoms with Crippen molar-refractivity contribution < 1.29 is 0 Å². The monoisotopic (exact) mass is 321 g/mol. The second-order valence-electron chi connectivity index (χ2n) is 5.69. The van der Waals surface area contributed by atoms with Crippen molar-refractivity contribution in [3.8, 4) is 5.69 Å². The van der Waals surface area contributed by atoms with Gasteiger partial charge in [-0.1, -0.05) is 48.0 Å². The summed E-state index contributed by atoms with van der Waals surface area (Å²) >= 11 is 6.43. The van der Waals surface area contributed by atoms with Crippen molar-refractivity contribution in [2.45, 2.75) is 20.4 Å². The predicted octanol–water partition coefficient (Wildman–Crippen LogP) is 4.49. The minimum absolute atomic E-state index is 0.599. The zero-order chi connectivity index (χ0) is 16.0. The fourth-order valence-electron chi connectivity index (χ4n) is 3.21. The molecule has 0 fully saturated rings. The maximum absolute atomic E-state index is 6.43. The number of rotatable bonds is 1. The highest BCUT2D eigenvalue weighted by Gasteiger charge is 2.22. The van der Waals surface area contributed by atoms with Crippen LogP contribution in [0.25, 0.3) is 5.69 Å². The number of para-hydroxylation sites is 1. The first kappa shape index (κ1) is 14.2. The molecule has 4 rings (SSSR count). The number of hydrogen-bond donors (Lipinski definition) is 0. The molecular formula is C19H16ClN3. The minimum Gasteiger partial charge on any atom is -0.298 e. The molecule has 2 heterocycles. The van der Waals surface area contributed by atoms with Gasteiger partial charge in [0.1, 0.15) is 5.82 Å². The molecule has 23 heavy (non-hydrogen) atoms. The van der Waals surface area contributed by atoms with Crippen LogP contribution in [0, 0.1) is 13.8 Å². The van der Waals surface area contributed by atoms with Gasteiger partial charge in [-0.05, 0) is 26.0 Å². The number of aryl methyl sites for hydroxylation is 2. The number of nitrogens with zero attached hydrogens (tertiary/aromatic N) is 3. The second kappa shape index (κ2) is 5.36. The summed E-state index contributed by atoms with van der Waals surface area (Å²) in [6, 6.07) is 16.2. The molecule has 0 bridgehead atoms. The number of aliphatic imine (C=N–C) groups is 1. The second-order valence-corrected chi connectivity index (χ2v) is 6.10. The Morgan fingerprint density at radius 1 is 0.957 bits per heavy atom. The molecule has 0 saturated carbocycles. The van der Waals surface area contributed by atoms with E-state index in [9.17, 15) is 0 Å². The highest BCUT2D eigenvalue weighted by Crippen LogP contribution is 2.29. The fraction of sp³-hybridized carbons (Fsp3) is 0.158. The van der Waals surface area contributed by atoms with E-state index in [0.29, 0.717) is 6.54 Å². The molecular weight excluding hydrogens is 306 g/mol. The molecule has 0 atom stereocenters. The van der Waals surface area contributed by atoms with Gasteiger partial charge in [0, 0.05) is 16.1 Å². The van der Waals surface area contributed by atoms with Gasteiger partial charge in [-0.2, -0.15) is 0 Å². The molecule has 2 aromatic carbocycles. The maximum atomic E-state index is 6.43. The van der Waals surface area contributed by atoms with Gasteiger partial charge in [0.2, 0.25) is 0 Å². The number of fused-ring (bicyclic) bond motifs is 3. The van der Waals surface area contributed by atoms with E-state index < -0.39 is 0 Å². The molecule has 0 amide bonds. The average Bonchev–Trinajstić information content (AvgIpc) is 2.74. The lowest BCUT2D eigenvalue weighted by molar-refractivity contribution is 0.886. The largest absolute Gasteiger partial charge is 0.298 e. The lowest BCUT2D eigenvalue weighted by Crippen LogP contribution is -2.08. The first-order valence-electron chi connectivity index (χ1n) is 7.61. The summed E-state index contributed by atoms with van der Waals surface area (Å²) in [4.78, 5) is 9.50. The molecule has 3 nitrogen and oxygen atoms in total. The molecule has 4 heteroatoms. The predicted molar refractivity (Wildman–Crippen MR) is 93.8 cm³/mol.